The van der Waals surface area contributed by atoms with Gasteiger partial charge >= 0.3 is 0 Å². The van der Waals surface area contributed by atoms with E-state index in [9.17, 15) is 13.2 Å². The molecule has 0 aliphatic carbocycles. The lowest BCUT2D eigenvalue weighted by molar-refractivity contribution is -0.115. The Bertz CT molecular complexity index is 1130. The summed E-state index contributed by atoms with van der Waals surface area (Å²) in [5.41, 5.74) is 2.53. The van der Waals surface area contributed by atoms with Crippen molar-refractivity contribution in [1.82, 2.24) is 9.29 Å². The molecule has 3 aromatic rings. The lowest BCUT2D eigenvalue weighted by atomic mass is 10.1. The van der Waals surface area contributed by atoms with E-state index in [0.717, 1.165) is 34.0 Å². The molecule has 1 saturated heterocycles. The second kappa shape index (κ2) is 8.35. The van der Waals surface area contributed by atoms with Crippen molar-refractivity contribution >= 4 is 44.3 Å². The van der Waals surface area contributed by atoms with E-state index in [1.165, 1.54) is 15.6 Å². The summed E-state index contributed by atoms with van der Waals surface area (Å²) in [5.74, 6) is -0.177. The Labute approximate surface area is 178 Å². The van der Waals surface area contributed by atoms with Gasteiger partial charge in [-0.3, -0.25) is 4.79 Å². The normalized spacial score (nSPS) is 14.9. The average molecular weight is 448 g/mol. The SMILES string of the molecule is Cc1nc(-c2cccc(NC(=O)Cc3ccc(S(=O)(=O)N4CCCC4)s3)c2)cs1. The molecule has 0 spiro atoms. The fraction of sp³-hybridized carbons (Fsp3) is 0.300. The molecule has 0 bridgehead atoms. The third-order valence-corrected chi connectivity index (χ3v) is 8.92. The molecule has 1 aliphatic rings. The molecule has 1 aliphatic heterocycles. The Hall–Kier alpha value is -2.07. The third-order valence-electron chi connectivity index (χ3n) is 4.69. The number of carbonyl (C=O) groups excluding carboxylic acids is 1. The van der Waals surface area contributed by atoms with Crippen molar-refractivity contribution in [2.24, 2.45) is 0 Å². The fourth-order valence-electron chi connectivity index (χ4n) is 3.26. The van der Waals surface area contributed by atoms with E-state index < -0.39 is 10.0 Å². The van der Waals surface area contributed by atoms with Crippen LogP contribution in [0.25, 0.3) is 11.3 Å². The van der Waals surface area contributed by atoms with Gasteiger partial charge in [-0.15, -0.1) is 22.7 Å². The van der Waals surface area contributed by atoms with Crippen LogP contribution in [0.3, 0.4) is 0 Å². The minimum Gasteiger partial charge on any atom is -0.326 e. The van der Waals surface area contributed by atoms with Crippen molar-refractivity contribution in [2.45, 2.75) is 30.4 Å². The van der Waals surface area contributed by atoms with Gasteiger partial charge in [-0.25, -0.2) is 13.4 Å². The van der Waals surface area contributed by atoms with Crippen LogP contribution >= 0.6 is 22.7 Å². The zero-order chi connectivity index (χ0) is 20.4. The summed E-state index contributed by atoms with van der Waals surface area (Å²) < 4.78 is 27.1. The van der Waals surface area contributed by atoms with Crippen molar-refractivity contribution < 1.29 is 13.2 Å². The van der Waals surface area contributed by atoms with Gasteiger partial charge in [-0.2, -0.15) is 4.31 Å². The lowest BCUT2D eigenvalue weighted by Gasteiger charge is -2.13. The number of carbonyl (C=O) groups is 1. The number of nitrogens with zero attached hydrogens (tertiary/aromatic N) is 2. The van der Waals surface area contributed by atoms with Crippen molar-refractivity contribution in [2.75, 3.05) is 18.4 Å². The van der Waals surface area contributed by atoms with Crippen LogP contribution < -0.4 is 5.32 Å². The van der Waals surface area contributed by atoms with Crippen molar-refractivity contribution in [3.63, 3.8) is 0 Å². The van der Waals surface area contributed by atoms with Gasteiger partial charge in [-0.05, 0) is 44.0 Å². The van der Waals surface area contributed by atoms with Crippen LogP contribution in [0.1, 0.15) is 22.7 Å². The molecule has 29 heavy (non-hydrogen) atoms. The maximum Gasteiger partial charge on any atom is 0.252 e. The van der Waals surface area contributed by atoms with E-state index >= 15 is 0 Å². The standard InChI is InChI=1S/C20H21N3O3S3/c1-14-21-18(13-27-14)15-5-4-6-16(11-15)22-19(24)12-17-7-8-20(28-17)29(25,26)23-9-2-3-10-23/h4-8,11,13H,2-3,9-10,12H2,1H3,(H,22,24). The Balaban J connectivity index is 1.42. The van der Waals surface area contributed by atoms with Gasteiger partial charge in [0.15, 0.2) is 0 Å². The quantitative estimate of drug-likeness (QED) is 0.616. The number of thiazole rings is 1. The molecular weight excluding hydrogens is 426 g/mol. The molecule has 152 valence electrons. The molecule has 0 saturated carbocycles. The average Bonchev–Trinajstić information content (AvgIpc) is 3.44. The largest absolute Gasteiger partial charge is 0.326 e. The van der Waals surface area contributed by atoms with Crippen LogP contribution in [-0.2, 0) is 21.2 Å². The van der Waals surface area contributed by atoms with E-state index in [-0.39, 0.29) is 12.3 Å². The van der Waals surface area contributed by atoms with E-state index in [1.54, 1.807) is 23.5 Å². The minimum atomic E-state index is -3.43. The number of aryl methyl sites for hydroxylation is 1. The molecule has 0 radical (unpaired) electrons. The van der Waals surface area contributed by atoms with Gasteiger partial charge in [0.25, 0.3) is 10.0 Å². The molecule has 1 amide bonds. The molecule has 3 heterocycles. The Morgan fingerprint density at radius 3 is 2.72 bits per heavy atom. The zero-order valence-corrected chi connectivity index (χ0v) is 18.4. The first kappa shape index (κ1) is 20.2. The van der Waals surface area contributed by atoms with Gasteiger partial charge in [0.05, 0.1) is 17.1 Å². The highest BCUT2D eigenvalue weighted by Gasteiger charge is 2.28. The van der Waals surface area contributed by atoms with Gasteiger partial charge in [-0.1, -0.05) is 12.1 Å². The first-order chi connectivity index (χ1) is 13.9. The molecule has 0 unspecified atom stereocenters. The van der Waals surface area contributed by atoms with Crippen molar-refractivity contribution in [3.05, 3.63) is 51.7 Å². The minimum absolute atomic E-state index is 0.139. The number of rotatable bonds is 6. The van der Waals surface area contributed by atoms with E-state index in [1.807, 2.05) is 36.6 Å². The number of nitrogens with one attached hydrogen (secondary N) is 1. The monoisotopic (exact) mass is 447 g/mol. The van der Waals surface area contributed by atoms with Crippen LogP contribution in [0, 0.1) is 6.92 Å². The van der Waals surface area contributed by atoms with Crippen LogP contribution in [-0.4, -0.2) is 36.7 Å². The van der Waals surface area contributed by atoms with Gasteiger partial charge < -0.3 is 5.32 Å². The summed E-state index contributed by atoms with van der Waals surface area (Å²) in [6, 6.07) is 10.9. The lowest BCUT2D eigenvalue weighted by Crippen LogP contribution is -2.27. The number of amides is 1. The molecule has 1 fully saturated rings. The number of anilines is 1. The number of hydrogen-bond donors (Lipinski definition) is 1. The smallest absolute Gasteiger partial charge is 0.252 e. The van der Waals surface area contributed by atoms with Gasteiger partial charge in [0.2, 0.25) is 5.91 Å². The molecule has 1 aromatic carbocycles. The maximum absolute atomic E-state index is 12.6. The van der Waals surface area contributed by atoms with Gasteiger partial charge in [0, 0.05) is 34.6 Å². The Morgan fingerprint density at radius 1 is 1.21 bits per heavy atom. The Kier molecular flexibility index (Phi) is 5.82. The van der Waals surface area contributed by atoms with Crippen LogP contribution in [0.2, 0.25) is 0 Å². The molecule has 6 nitrogen and oxygen atoms in total. The predicted octanol–water partition coefficient (Wildman–Crippen LogP) is 4.15. The first-order valence-corrected chi connectivity index (χ1v) is 12.5. The van der Waals surface area contributed by atoms with Crippen molar-refractivity contribution in [1.29, 1.82) is 0 Å². The van der Waals surface area contributed by atoms with Crippen LogP contribution in [0.4, 0.5) is 5.69 Å². The molecule has 0 atom stereocenters. The number of aromatic nitrogens is 1. The van der Waals surface area contributed by atoms with Gasteiger partial charge in [0.1, 0.15) is 4.21 Å². The zero-order valence-electron chi connectivity index (χ0n) is 15.9. The molecular formula is C20H21N3O3S3. The van der Waals surface area contributed by atoms with E-state index in [4.69, 9.17) is 0 Å². The van der Waals surface area contributed by atoms with Crippen molar-refractivity contribution in [3.8, 4) is 11.3 Å². The Morgan fingerprint density at radius 2 is 2.00 bits per heavy atom. The molecule has 1 N–H and O–H groups in total. The highest BCUT2D eigenvalue weighted by molar-refractivity contribution is 7.91. The molecule has 9 heteroatoms. The van der Waals surface area contributed by atoms with E-state index in [0.29, 0.717) is 23.0 Å². The third kappa shape index (κ3) is 4.58. The summed E-state index contributed by atoms with van der Waals surface area (Å²) in [5, 5.41) is 5.88. The highest BCUT2D eigenvalue weighted by Crippen LogP contribution is 2.28. The second-order valence-electron chi connectivity index (χ2n) is 6.89. The summed E-state index contributed by atoms with van der Waals surface area (Å²) in [6.07, 6.45) is 1.94. The topological polar surface area (TPSA) is 79.4 Å². The fourth-order valence-corrected chi connectivity index (χ4v) is 6.91. The number of thiophene rings is 1. The second-order valence-corrected chi connectivity index (χ2v) is 11.3. The van der Waals surface area contributed by atoms with E-state index in [2.05, 4.69) is 10.3 Å². The van der Waals surface area contributed by atoms with Crippen LogP contribution in [0.5, 0.6) is 0 Å². The summed E-state index contributed by atoms with van der Waals surface area (Å²) in [7, 11) is -3.43. The number of hydrogen-bond acceptors (Lipinski definition) is 6. The maximum atomic E-state index is 12.6. The predicted molar refractivity (Wildman–Crippen MR) is 117 cm³/mol. The van der Waals surface area contributed by atoms with Crippen LogP contribution in [0.15, 0.2) is 46.0 Å². The number of benzene rings is 1. The summed E-state index contributed by atoms with van der Waals surface area (Å²) >= 11 is 2.75. The summed E-state index contributed by atoms with van der Waals surface area (Å²) in [4.78, 5) is 17.7. The number of sulfonamides is 1. The molecule has 2 aromatic heterocycles. The molecule has 4 rings (SSSR count). The first-order valence-electron chi connectivity index (χ1n) is 9.33. The summed E-state index contributed by atoms with van der Waals surface area (Å²) in [6.45, 7) is 3.11. The highest BCUT2D eigenvalue weighted by atomic mass is 32.2.